The Morgan fingerprint density at radius 3 is 1.48 bits per heavy atom. The van der Waals surface area contributed by atoms with Crippen LogP contribution in [0.25, 0.3) is 99.9 Å². The van der Waals surface area contributed by atoms with Gasteiger partial charge in [0.05, 0.1) is 0 Å². The fourth-order valence-electron chi connectivity index (χ4n) is 6.80. The molecule has 5 heteroatoms. The van der Waals surface area contributed by atoms with Crippen LogP contribution in [0, 0.1) is 0 Å². The molecule has 0 aliphatic rings. The van der Waals surface area contributed by atoms with Gasteiger partial charge in [0.25, 0.3) is 0 Å². The summed E-state index contributed by atoms with van der Waals surface area (Å²) < 4.78 is 12.9. The van der Waals surface area contributed by atoms with Crippen molar-refractivity contribution in [3.63, 3.8) is 0 Å². The number of benzene rings is 7. The Hall–Kier alpha value is -6.59. The lowest BCUT2D eigenvalue weighted by Crippen LogP contribution is -2.00. The molecule has 0 radical (unpaired) electrons. The summed E-state index contributed by atoms with van der Waals surface area (Å²) in [6.07, 6.45) is 0. The summed E-state index contributed by atoms with van der Waals surface area (Å²) in [5, 5.41) is 6.31. The van der Waals surface area contributed by atoms with Crippen LogP contribution >= 0.6 is 0 Å². The summed E-state index contributed by atoms with van der Waals surface area (Å²) in [4.78, 5) is 15.0. The first kappa shape index (κ1) is 26.6. The molecule has 0 aliphatic carbocycles. The number of nitrogens with zero attached hydrogens (tertiary/aromatic N) is 3. The highest BCUT2D eigenvalue weighted by Gasteiger charge is 2.19. The molecule has 0 saturated heterocycles. The molecule has 0 amide bonds. The van der Waals surface area contributed by atoms with Gasteiger partial charge in [-0.3, -0.25) is 0 Å². The molecule has 3 heterocycles. The molecule has 0 aliphatic heterocycles. The van der Waals surface area contributed by atoms with Crippen LogP contribution in [0.15, 0.2) is 160 Å². The van der Waals surface area contributed by atoms with Crippen molar-refractivity contribution in [1.82, 2.24) is 15.0 Å². The van der Waals surface area contributed by atoms with Crippen molar-refractivity contribution < 1.29 is 8.83 Å². The summed E-state index contributed by atoms with van der Waals surface area (Å²) in [7, 11) is 0. The van der Waals surface area contributed by atoms with E-state index in [0.717, 1.165) is 82.5 Å². The van der Waals surface area contributed by atoms with E-state index < -0.39 is 0 Å². The molecule has 0 bridgehead atoms. The Morgan fingerprint density at radius 1 is 0.312 bits per heavy atom. The van der Waals surface area contributed by atoms with E-state index in [1.54, 1.807) is 0 Å². The van der Waals surface area contributed by atoms with Crippen molar-refractivity contribution >= 4 is 54.6 Å². The van der Waals surface area contributed by atoms with Gasteiger partial charge in [0.2, 0.25) is 0 Å². The zero-order valence-electron chi connectivity index (χ0n) is 25.6. The summed E-state index contributed by atoms with van der Waals surface area (Å²) in [5.74, 6) is 1.88. The topological polar surface area (TPSA) is 65.0 Å². The van der Waals surface area contributed by atoms with Crippen LogP contribution in [0.4, 0.5) is 0 Å². The van der Waals surface area contributed by atoms with Gasteiger partial charge in [-0.2, -0.15) is 0 Å². The van der Waals surface area contributed by atoms with Crippen LogP contribution < -0.4 is 0 Å². The average molecular weight is 616 g/mol. The molecule has 224 valence electrons. The normalized spacial score (nSPS) is 11.8. The highest BCUT2D eigenvalue weighted by atomic mass is 16.3. The lowest BCUT2D eigenvalue weighted by molar-refractivity contribution is 0.669. The van der Waals surface area contributed by atoms with Crippen LogP contribution in [-0.4, -0.2) is 15.0 Å². The van der Waals surface area contributed by atoms with Crippen molar-refractivity contribution in [2.75, 3.05) is 0 Å². The predicted octanol–water partition coefficient (Wildman–Crippen LogP) is 11.5. The predicted molar refractivity (Wildman–Crippen MR) is 194 cm³/mol. The molecule has 0 unspecified atom stereocenters. The Balaban J connectivity index is 1.17. The average Bonchev–Trinajstić information content (AvgIpc) is 3.72. The van der Waals surface area contributed by atoms with Crippen LogP contribution in [0.3, 0.4) is 0 Å². The minimum atomic E-state index is 0.617. The van der Waals surface area contributed by atoms with Gasteiger partial charge in [-0.05, 0) is 52.9 Å². The van der Waals surface area contributed by atoms with E-state index in [0.29, 0.717) is 17.5 Å². The van der Waals surface area contributed by atoms with Gasteiger partial charge in [0.1, 0.15) is 22.3 Å². The van der Waals surface area contributed by atoms with E-state index >= 15 is 0 Å². The van der Waals surface area contributed by atoms with Gasteiger partial charge in [-0.25, -0.2) is 15.0 Å². The molecule has 0 saturated carbocycles. The Morgan fingerprint density at radius 2 is 0.812 bits per heavy atom. The number of hydrogen-bond acceptors (Lipinski definition) is 5. The maximum Gasteiger partial charge on any atom is 0.164 e. The van der Waals surface area contributed by atoms with Crippen LogP contribution in [0.5, 0.6) is 0 Å². The summed E-state index contributed by atoms with van der Waals surface area (Å²) in [5.41, 5.74) is 8.36. The van der Waals surface area contributed by atoms with E-state index in [2.05, 4.69) is 60.7 Å². The highest BCUT2D eigenvalue weighted by Crippen LogP contribution is 2.41. The number of aromatic nitrogens is 3. The van der Waals surface area contributed by atoms with E-state index in [1.165, 1.54) is 0 Å². The molecule has 48 heavy (non-hydrogen) atoms. The number of fused-ring (bicyclic) bond motifs is 8. The third-order valence-electron chi connectivity index (χ3n) is 9.13. The molecule has 0 fully saturated rings. The molecule has 5 nitrogen and oxygen atoms in total. The second-order valence-corrected chi connectivity index (χ2v) is 12.0. The largest absolute Gasteiger partial charge is 0.456 e. The van der Waals surface area contributed by atoms with Crippen molar-refractivity contribution in [3.8, 4) is 45.3 Å². The molecular formula is C43H25N3O2. The fraction of sp³-hybridized carbons (Fsp3) is 0. The van der Waals surface area contributed by atoms with E-state index in [9.17, 15) is 0 Å². The molecule has 0 N–H and O–H groups in total. The molecule has 3 aromatic heterocycles. The fourth-order valence-corrected chi connectivity index (χ4v) is 6.80. The lowest BCUT2D eigenvalue weighted by atomic mass is 9.98. The van der Waals surface area contributed by atoms with Crippen molar-refractivity contribution in [3.05, 3.63) is 152 Å². The standard InChI is InChI=1S/C43H25N3O2/c1-3-11-26(12-4-1)41-44-42(27-13-5-2-6-14-27)46-43(45-41)36-25-35-33-22-20-29(24-39(33)48-40(35)34-17-8-7-15-30(34)36)28-19-21-32-31-16-9-10-18-37(31)47-38(32)23-28/h1-25H. The van der Waals surface area contributed by atoms with Gasteiger partial charge in [-0.15, -0.1) is 0 Å². The summed E-state index contributed by atoms with van der Waals surface area (Å²) >= 11 is 0. The zero-order chi connectivity index (χ0) is 31.6. The van der Waals surface area contributed by atoms with Gasteiger partial charge in [0, 0.05) is 43.6 Å². The smallest absolute Gasteiger partial charge is 0.164 e. The summed E-state index contributed by atoms with van der Waals surface area (Å²) in [6.45, 7) is 0. The monoisotopic (exact) mass is 615 g/mol. The lowest BCUT2D eigenvalue weighted by Gasteiger charge is -2.11. The number of para-hydroxylation sites is 1. The van der Waals surface area contributed by atoms with Crippen molar-refractivity contribution in [2.24, 2.45) is 0 Å². The SMILES string of the molecule is c1ccc(-c2nc(-c3ccccc3)nc(-c3cc4c5ccc(-c6ccc7c(c6)oc6ccccc67)cc5oc4c4ccccc34)n2)cc1. The Bertz CT molecular complexity index is 2780. The van der Waals surface area contributed by atoms with Crippen LogP contribution in [0.2, 0.25) is 0 Å². The molecule has 10 rings (SSSR count). The maximum absolute atomic E-state index is 6.66. The first-order chi connectivity index (χ1) is 23.8. The Labute approximate surface area is 274 Å². The maximum atomic E-state index is 6.66. The number of rotatable bonds is 4. The van der Waals surface area contributed by atoms with Crippen molar-refractivity contribution in [1.29, 1.82) is 0 Å². The van der Waals surface area contributed by atoms with Crippen molar-refractivity contribution in [2.45, 2.75) is 0 Å². The van der Waals surface area contributed by atoms with Gasteiger partial charge < -0.3 is 8.83 Å². The van der Waals surface area contributed by atoms with Crippen LogP contribution in [-0.2, 0) is 0 Å². The minimum Gasteiger partial charge on any atom is -0.456 e. The molecule has 10 aromatic rings. The van der Waals surface area contributed by atoms with Gasteiger partial charge >= 0.3 is 0 Å². The molecule has 7 aromatic carbocycles. The third-order valence-corrected chi connectivity index (χ3v) is 9.13. The second-order valence-electron chi connectivity index (χ2n) is 12.0. The first-order valence-electron chi connectivity index (χ1n) is 15.9. The third kappa shape index (κ3) is 4.22. The first-order valence-corrected chi connectivity index (χ1v) is 15.9. The second kappa shape index (κ2) is 10.5. The highest BCUT2D eigenvalue weighted by molar-refractivity contribution is 6.19. The molecule has 0 atom stereocenters. The number of furan rings is 2. The Kier molecular flexibility index (Phi) is 5.81. The van der Waals surface area contributed by atoms with E-state index in [1.807, 2.05) is 91.0 Å². The number of hydrogen-bond donors (Lipinski definition) is 0. The zero-order valence-corrected chi connectivity index (χ0v) is 25.6. The van der Waals surface area contributed by atoms with E-state index in [4.69, 9.17) is 23.8 Å². The molecule has 0 spiro atoms. The van der Waals surface area contributed by atoms with Crippen LogP contribution in [0.1, 0.15) is 0 Å². The molecular weight excluding hydrogens is 590 g/mol. The van der Waals surface area contributed by atoms with Gasteiger partial charge in [0.15, 0.2) is 17.5 Å². The minimum absolute atomic E-state index is 0.617. The van der Waals surface area contributed by atoms with Gasteiger partial charge in [-0.1, -0.05) is 115 Å². The quantitative estimate of drug-likeness (QED) is 0.197. The van der Waals surface area contributed by atoms with E-state index in [-0.39, 0.29) is 0 Å². The summed E-state index contributed by atoms with van der Waals surface area (Å²) in [6, 6.07) is 51.6.